The zero-order valence-electron chi connectivity index (χ0n) is 21.8. The molecule has 6 nitrogen and oxygen atoms in total. The number of carbonyl (C=O) groups is 1. The molecule has 7 atom stereocenters. The van der Waals surface area contributed by atoms with Crippen molar-refractivity contribution in [1.29, 1.82) is 0 Å². The van der Waals surface area contributed by atoms with Gasteiger partial charge in [-0.25, -0.2) is 4.98 Å². The van der Waals surface area contributed by atoms with Crippen LogP contribution in [0.2, 0.25) is 0 Å². The van der Waals surface area contributed by atoms with Crippen LogP contribution in [0.15, 0.2) is 11.0 Å². The Labute approximate surface area is 208 Å². The van der Waals surface area contributed by atoms with Gasteiger partial charge in [-0.05, 0) is 57.6 Å². The van der Waals surface area contributed by atoms with E-state index in [1.807, 2.05) is 19.2 Å². The molecular weight excluding hydrogens is 450 g/mol. The van der Waals surface area contributed by atoms with Crippen LogP contribution in [-0.4, -0.2) is 57.6 Å². The van der Waals surface area contributed by atoms with Crippen LogP contribution in [0.4, 0.5) is 0 Å². The third kappa shape index (κ3) is 6.35. The summed E-state index contributed by atoms with van der Waals surface area (Å²) in [6.45, 7) is 13.9. The molecule has 7 heteroatoms. The number of epoxide rings is 1. The Hall–Kier alpha value is -1.12. The normalized spacial score (nSPS) is 38.4. The summed E-state index contributed by atoms with van der Waals surface area (Å²) in [5, 5.41) is 24.8. The number of ether oxygens (including phenoxy) is 2. The molecule has 2 fully saturated rings. The van der Waals surface area contributed by atoms with Gasteiger partial charge in [0.05, 0.1) is 40.7 Å². The summed E-state index contributed by atoms with van der Waals surface area (Å²) in [4.78, 5) is 17.8. The van der Waals surface area contributed by atoms with Crippen LogP contribution >= 0.6 is 11.3 Å². The number of aromatic nitrogens is 1. The summed E-state index contributed by atoms with van der Waals surface area (Å²) in [6.07, 6.45) is 4.23. The molecule has 2 aliphatic rings. The summed E-state index contributed by atoms with van der Waals surface area (Å²) < 4.78 is 12.4. The molecule has 2 N–H and O–H groups in total. The number of thiazole rings is 1. The van der Waals surface area contributed by atoms with E-state index >= 15 is 0 Å². The highest BCUT2D eigenvalue weighted by Gasteiger charge is 2.52. The van der Waals surface area contributed by atoms with E-state index in [2.05, 4.69) is 24.9 Å². The predicted molar refractivity (Wildman–Crippen MR) is 136 cm³/mol. The van der Waals surface area contributed by atoms with Crippen LogP contribution < -0.4 is 0 Å². The molecule has 1 aromatic rings. The first-order chi connectivity index (χ1) is 15.8. The Bertz CT molecular complexity index is 880. The van der Waals surface area contributed by atoms with E-state index in [9.17, 15) is 15.0 Å². The lowest BCUT2D eigenvalue weighted by Crippen LogP contribution is -2.45. The third-order valence-electron chi connectivity index (χ3n) is 8.00. The molecule has 2 aliphatic heterocycles. The number of fused-ring (bicyclic) bond motifs is 1. The van der Waals surface area contributed by atoms with Gasteiger partial charge in [0.15, 0.2) is 0 Å². The van der Waals surface area contributed by atoms with Crippen molar-refractivity contribution >= 4 is 23.2 Å². The minimum Gasteiger partial charge on any atom is -0.392 e. The number of ketones is 1. The van der Waals surface area contributed by atoms with Gasteiger partial charge >= 0.3 is 0 Å². The zero-order chi connectivity index (χ0) is 25.3. The summed E-state index contributed by atoms with van der Waals surface area (Å²) in [7, 11) is 0. The number of nitrogens with zero attached hydrogens (tertiary/aromatic N) is 1. The van der Waals surface area contributed by atoms with Gasteiger partial charge in [0.1, 0.15) is 5.78 Å². The molecule has 0 bridgehead atoms. The molecule has 2 saturated heterocycles. The van der Waals surface area contributed by atoms with Crippen molar-refractivity contribution in [1.82, 2.24) is 4.98 Å². The number of carbonyl (C=O) groups excluding carboxylic acids is 1. The lowest BCUT2D eigenvalue weighted by molar-refractivity contribution is -0.142. The smallest absolute Gasteiger partial charge is 0.146 e. The van der Waals surface area contributed by atoms with Crippen molar-refractivity contribution in [2.75, 3.05) is 6.61 Å². The highest BCUT2D eigenvalue weighted by atomic mass is 32.1. The van der Waals surface area contributed by atoms with Gasteiger partial charge in [0.25, 0.3) is 0 Å². The zero-order valence-corrected chi connectivity index (χ0v) is 22.7. The molecule has 0 aromatic carbocycles. The molecule has 0 aliphatic carbocycles. The van der Waals surface area contributed by atoms with E-state index in [0.29, 0.717) is 13.0 Å². The second-order valence-corrected chi connectivity index (χ2v) is 12.3. The first kappa shape index (κ1) is 27.5. The van der Waals surface area contributed by atoms with Crippen molar-refractivity contribution in [3.05, 3.63) is 21.7 Å². The molecule has 3 rings (SSSR count). The van der Waals surface area contributed by atoms with Crippen LogP contribution in [0, 0.1) is 24.2 Å². The van der Waals surface area contributed by atoms with E-state index in [4.69, 9.17) is 9.47 Å². The number of hydrogen-bond acceptors (Lipinski definition) is 7. The fraction of sp³-hybridized carbons (Fsp3) is 0.778. The van der Waals surface area contributed by atoms with Crippen molar-refractivity contribution < 1.29 is 24.5 Å². The summed E-state index contributed by atoms with van der Waals surface area (Å²) in [6, 6.07) is 0. The second-order valence-electron chi connectivity index (χ2n) is 11.2. The molecule has 192 valence electrons. The van der Waals surface area contributed by atoms with Crippen LogP contribution in [0.1, 0.15) is 84.3 Å². The molecule has 1 aromatic heterocycles. The summed E-state index contributed by atoms with van der Waals surface area (Å²) in [5.41, 5.74) is 0.879. The van der Waals surface area contributed by atoms with E-state index in [0.717, 1.165) is 42.0 Å². The van der Waals surface area contributed by atoms with Crippen LogP contribution in [0.3, 0.4) is 0 Å². The molecular formula is C27H43NO5S. The Kier molecular flexibility index (Phi) is 8.78. The first-order valence-corrected chi connectivity index (χ1v) is 13.5. The molecule has 0 radical (unpaired) electrons. The fourth-order valence-electron chi connectivity index (χ4n) is 5.19. The van der Waals surface area contributed by atoms with E-state index in [1.165, 1.54) is 0 Å². The number of Topliss-reactive ketones (excluding diaryl/α,β-unsaturated/α-hetero) is 1. The van der Waals surface area contributed by atoms with Crippen molar-refractivity contribution in [3.63, 3.8) is 0 Å². The first-order valence-electron chi connectivity index (χ1n) is 12.7. The Morgan fingerprint density at radius 3 is 2.59 bits per heavy atom. The average molecular weight is 494 g/mol. The van der Waals surface area contributed by atoms with Gasteiger partial charge in [-0.3, -0.25) is 4.79 Å². The molecule has 34 heavy (non-hydrogen) atoms. The summed E-state index contributed by atoms with van der Waals surface area (Å²) in [5.74, 6) is -0.632. The number of rotatable bonds is 2. The standard InChI is InChI=1S/C27H43NO5S/c1-16-9-8-11-27(7)23(33-27)14-21(17(2)13-20-15-34-19(4)28-20)32-12-10-22(29)26(5,6)25(31)18(3)24(16)30/h13,15-16,18,21-24,29-30H,8-12,14H2,1-7H3/b17-13+/t16-,18+,21-,22-,23-,24-,27+/m0/s1. The van der Waals surface area contributed by atoms with E-state index in [-0.39, 0.29) is 29.5 Å². The van der Waals surface area contributed by atoms with Crippen LogP contribution in [-0.2, 0) is 14.3 Å². The fourth-order valence-corrected chi connectivity index (χ4v) is 5.76. The largest absolute Gasteiger partial charge is 0.392 e. The monoisotopic (exact) mass is 493 g/mol. The lowest BCUT2D eigenvalue weighted by atomic mass is 9.73. The highest BCUT2D eigenvalue weighted by molar-refractivity contribution is 7.09. The number of aliphatic hydroxyl groups excluding tert-OH is 2. The Morgan fingerprint density at radius 1 is 1.24 bits per heavy atom. The quantitative estimate of drug-likeness (QED) is 0.566. The van der Waals surface area contributed by atoms with Gasteiger partial charge in [-0.1, -0.05) is 34.1 Å². The van der Waals surface area contributed by atoms with Crippen molar-refractivity contribution in [2.45, 2.75) is 111 Å². The Balaban J connectivity index is 1.79. The Morgan fingerprint density at radius 2 is 1.94 bits per heavy atom. The average Bonchev–Trinajstić information content (AvgIpc) is 3.22. The molecule has 0 saturated carbocycles. The van der Waals surface area contributed by atoms with Gasteiger partial charge in [-0.2, -0.15) is 0 Å². The molecule has 3 heterocycles. The highest BCUT2D eigenvalue weighted by Crippen LogP contribution is 2.45. The van der Waals surface area contributed by atoms with E-state index < -0.39 is 23.5 Å². The SMILES string of the molecule is C/C(=C\c1csc(C)n1)[C@@H]1C[C@@H]2O[C@]2(C)CCC[C@H](C)[C@H](O)[C@@H](C)C(=O)C(C)(C)[C@@H](O)CCO1. The van der Waals surface area contributed by atoms with Crippen molar-refractivity contribution in [2.24, 2.45) is 17.3 Å². The maximum Gasteiger partial charge on any atom is 0.146 e. The topological polar surface area (TPSA) is 92.2 Å². The van der Waals surface area contributed by atoms with Crippen molar-refractivity contribution in [3.8, 4) is 0 Å². The predicted octanol–water partition coefficient (Wildman–Crippen LogP) is 4.95. The van der Waals surface area contributed by atoms with Gasteiger partial charge in [-0.15, -0.1) is 11.3 Å². The van der Waals surface area contributed by atoms with Gasteiger partial charge in [0, 0.05) is 29.7 Å². The molecule has 0 amide bonds. The van der Waals surface area contributed by atoms with Crippen LogP contribution in [0.5, 0.6) is 0 Å². The molecule has 0 spiro atoms. The minimum atomic E-state index is -0.961. The minimum absolute atomic E-state index is 0.00317. The maximum absolute atomic E-state index is 13.2. The second kappa shape index (κ2) is 10.9. The number of aliphatic hydroxyl groups is 2. The van der Waals surface area contributed by atoms with Crippen LogP contribution in [0.25, 0.3) is 6.08 Å². The number of aryl methyl sites for hydroxylation is 1. The summed E-state index contributed by atoms with van der Waals surface area (Å²) >= 11 is 1.62. The maximum atomic E-state index is 13.2. The van der Waals surface area contributed by atoms with Gasteiger partial charge in [0.2, 0.25) is 0 Å². The number of hydrogen-bond donors (Lipinski definition) is 2. The molecule has 0 unspecified atom stereocenters. The lowest BCUT2D eigenvalue weighted by Gasteiger charge is -2.35. The van der Waals surface area contributed by atoms with Gasteiger partial charge < -0.3 is 19.7 Å². The van der Waals surface area contributed by atoms with E-state index in [1.54, 1.807) is 32.1 Å². The third-order valence-corrected chi connectivity index (χ3v) is 8.80.